The minimum atomic E-state index is -4.45. The highest BCUT2D eigenvalue weighted by Crippen LogP contribution is 2.30. The van der Waals surface area contributed by atoms with Crippen LogP contribution in [0.1, 0.15) is 11.1 Å². The second kappa shape index (κ2) is 12.9. The highest BCUT2D eigenvalue weighted by Gasteiger charge is 2.30. The first-order valence-corrected chi connectivity index (χ1v) is 9.20. The van der Waals surface area contributed by atoms with Gasteiger partial charge in [-0.2, -0.15) is 18.2 Å². The molecule has 0 aliphatic carbocycles. The Morgan fingerprint density at radius 1 is 0.686 bits per heavy atom. The highest BCUT2D eigenvalue weighted by atomic mass is 19.4. The average Bonchev–Trinajstić information content (AvgIpc) is 2.80. The zero-order chi connectivity index (χ0) is 26.6. The molecule has 3 rings (SSSR count). The number of isocyanates is 1. The Kier molecular flexibility index (Phi) is 10.4. The van der Waals surface area contributed by atoms with Crippen molar-refractivity contribution in [3.8, 4) is 0 Å². The summed E-state index contributed by atoms with van der Waals surface area (Å²) in [6, 6.07) is 14.7. The molecule has 0 aromatic heterocycles. The molecule has 0 spiro atoms. The fraction of sp³-hybridized carbons (Fsp3) is 0.0952. The first kappa shape index (κ1) is 28.1. The van der Waals surface area contributed by atoms with Gasteiger partial charge in [0, 0.05) is 36.4 Å². The Morgan fingerprint density at radius 2 is 1.03 bits per heavy atom. The molecule has 0 saturated carbocycles. The predicted octanol–water partition coefficient (Wildman–Crippen LogP) is 6.08. The molecule has 182 valence electrons. The topological polar surface area (TPSA) is 159 Å². The third kappa shape index (κ3) is 10.0. The highest BCUT2D eigenvalue weighted by molar-refractivity contribution is 5.51. The van der Waals surface area contributed by atoms with Gasteiger partial charge in [-0.1, -0.05) is 17.7 Å². The van der Waals surface area contributed by atoms with Crippen molar-refractivity contribution < 1.29 is 32.7 Å². The molecular weight excluding hydrogens is 477 g/mol. The molecule has 0 unspecified atom stereocenters. The number of alkyl halides is 3. The third-order valence-corrected chi connectivity index (χ3v) is 3.89. The van der Waals surface area contributed by atoms with Crippen molar-refractivity contribution in [2.45, 2.75) is 13.1 Å². The lowest BCUT2D eigenvalue weighted by atomic mass is 10.2. The zero-order valence-corrected chi connectivity index (χ0v) is 17.7. The lowest BCUT2D eigenvalue weighted by Gasteiger charge is -2.04. The SMILES string of the molecule is Cc1ccc([N+](=O)[O-])cc1.O=C=Nc1ccc([N+](=O)[O-])cc1.O=[N+]([O-])c1ccc(C(F)(F)F)cc1. The molecule has 0 heterocycles. The van der Waals surface area contributed by atoms with Gasteiger partial charge in [-0.05, 0) is 31.2 Å². The van der Waals surface area contributed by atoms with Crippen LogP contribution in [0.3, 0.4) is 0 Å². The molecule has 0 fully saturated rings. The van der Waals surface area contributed by atoms with E-state index in [1.807, 2.05) is 6.92 Å². The second-order valence-corrected chi connectivity index (χ2v) is 6.37. The quantitative estimate of drug-likeness (QED) is 0.185. The summed E-state index contributed by atoms with van der Waals surface area (Å²) in [6.07, 6.45) is -3.11. The van der Waals surface area contributed by atoms with Crippen molar-refractivity contribution in [1.29, 1.82) is 0 Å². The Balaban J connectivity index is 0.000000265. The van der Waals surface area contributed by atoms with E-state index in [0.29, 0.717) is 17.8 Å². The number of aliphatic imine (C=N–C) groups is 1. The first-order valence-electron chi connectivity index (χ1n) is 9.20. The Labute approximate surface area is 194 Å². The van der Waals surface area contributed by atoms with E-state index in [4.69, 9.17) is 0 Å². The maximum Gasteiger partial charge on any atom is 0.416 e. The molecule has 3 aromatic rings. The van der Waals surface area contributed by atoms with Gasteiger partial charge in [0.1, 0.15) is 0 Å². The number of non-ortho nitro benzene ring substituents is 3. The van der Waals surface area contributed by atoms with E-state index in [2.05, 4.69) is 4.99 Å². The van der Waals surface area contributed by atoms with Gasteiger partial charge in [-0.15, -0.1) is 0 Å². The molecule has 0 amide bonds. The van der Waals surface area contributed by atoms with Crippen molar-refractivity contribution in [3.05, 3.63) is 114 Å². The summed E-state index contributed by atoms with van der Waals surface area (Å²) in [4.78, 5) is 41.7. The Morgan fingerprint density at radius 3 is 1.34 bits per heavy atom. The summed E-state index contributed by atoms with van der Waals surface area (Å²) >= 11 is 0. The Bertz CT molecular complexity index is 1190. The zero-order valence-electron chi connectivity index (χ0n) is 17.7. The van der Waals surface area contributed by atoms with Gasteiger partial charge < -0.3 is 0 Å². The van der Waals surface area contributed by atoms with Gasteiger partial charge >= 0.3 is 6.18 Å². The van der Waals surface area contributed by atoms with Gasteiger partial charge in [-0.25, -0.2) is 4.79 Å². The fourth-order valence-corrected chi connectivity index (χ4v) is 2.14. The molecule has 0 N–H and O–H groups in total. The lowest BCUT2D eigenvalue weighted by molar-refractivity contribution is -0.385. The van der Waals surface area contributed by atoms with Gasteiger partial charge in [0.05, 0.1) is 26.0 Å². The minimum Gasteiger partial charge on any atom is -0.258 e. The standard InChI is InChI=1S/C7H4F3NO2.C7H4N2O3.C7H7NO2/c8-7(9,10)5-1-3-6(4-2-5)11(12)13;10-5-8-6-1-3-7(4-2-6)9(11)12;1-6-2-4-7(5-3-6)8(9)10/h1-4H;1-4H;2-5H,1H3. The molecule has 11 nitrogen and oxygen atoms in total. The van der Waals surface area contributed by atoms with Crippen molar-refractivity contribution >= 4 is 28.8 Å². The molecule has 0 aliphatic heterocycles. The van der Waals surface area contributed by atoms with Crippen molar-refractivity contribution in [1.82, 2.24) is 0 Å². The largest absolute Gasteiger partial charge is 0.416 e. The molecule has 0 aliphatic rings. The number of nitrogens with zero attached hydrogens (tertiary/aromatic N) is 4. The number of benzene rings is 3. The van der Waals surface area contributed by atoms with E-state index in [1.165, 1.54) is 42.5 Å². The van der Waals surface area contributed by atoms with Gasteiger partial charge in [-0.3, -0.25) is 30.3 Å². The van der Waals surface area contributed by atoms with Crippen LogP contribution in [0.2, 0.25) is 0 Å². The minimum absolute atomic E-state index is 0.0279. The monoisotopic (exact) mass is 492 g/mol. The van der Waals surface area contributed by atoms with Gasteiger partial charge in [0.25, 0.3) is 17.1 Å². The van der Waals surface area contributed by atoms with E-state index in [1.54, 1.807) is 12.1 Å². The van der Waals surface area contributed by atoms with Gasteiger partial charge in [0.15, 0.2) is 0 Å². The molecule has 0 saturated heterocycles. The maximum atomic E-state index is 12.0. The molecule has 0 radical (unpaired) electrons. The molecule has 35 heavy (non-hydrogen) atoms. The summed E-state index contributed by atoms with van der Waals surface area (Å²) < 4.78 is 35.9. The number of carbonyl (C=O) groups excluding carboxylic acids is 1. The number of nitro groups is 3. The summed E-state index contributed by atoms with van der Waals surface area (Å²) in [5.41, 5.74) is 0.262. The van der Waals surface area contributed by atoms with Crippen LogP contribution < -0.4 is 0 Å². The number of halogens is 3. The molecule has 0 bridgehead atoms. The lowest BCUT2D eigenvalue weighted by Crippen LogP contribution is -2.04. The van der Waals surface area contributed by atoms with Crippen LogP contribution in [0.5, 0.6) is 0 Å². The van der Waals surface area contributed by atoms with E-state index in [0.717, 1.165) is 17.7 Å². The number of aryl methyl sites for hydroxylation is 1. The maximum absolute atomic E-state index is 12.0. The van der Waals surface area contributed by atoms with Crippen LogP contribution >= 0.6 is 0 Å². The average molecular weight is 492 g/mol. The number of hydrogen-bond donors (Lipinski definition) is 0. The first-order chi connectivity index (χ1) is 16.3. The third-order valence-electron chi connectivity index (χ3n) is 3.89. The van der Waals surface area contributed by atoms with Crippen molar-refractivity contribution in [2.75, 3.05) is 0 Å². The van der Waals surface area contributed by atoms with Crippen molar-refractivity contribution in [3.63, 3.8) is 0 Å². The van der Waals surface area contributed by atoms with Crippen LogP contribution in [0.4, 0.5) is 35.9 Å². The molecule has 3 aromatic carbocycles. The second-order valence-electron chi connectivity index (χ2n) is 6.37. The Hall–Kier alpha value is -4.97. The molecule has 14 heteroatoms. The van der Waals surface area contributed by atoms with Crippen LogP contribution in [0.15, 0.2) is 77.8 Å². The van der Waals surface area contributed by atoms with Crippen LogP contribution in [-0.4, -0.2) is 20.8 Å². The smallest absolute Gasteiger partial charge is 0.258 e. The normalized spacial score (nSPS) is 9.83. The predicted molar refractivity (Wildman–Crippen MR) is 117 cm³/mol. The molecule has 0 atom stereocenters. The fourth-order valence-electron chi connectivity index (χ4n) is 2.14. The van der Waals surface area contributed by atoms with Crippen LogP contribution in [0, 0.1) is 37.3 Å². The van der Waals surface area contributed by atoms with Crippen LogP contribution in [0.25, 0.3) is 0 Å². The van der Waals surface area contributed by atoms with E-state index in [-0.39, 0.29) is 17.1 Å². The summed E-state index contributed by atoms with van der Waals surface area (Å²) in [5.74, 6) is 0. The number of hydrogen-bond acceptors (Lipinski definition) is 8. The van der Waals surface area contributed by atoms with E-state index in [9.17, 15) is 48.3 Å². The number of nitro benzene ring substituents is 3. The van der Waals surface area contributed by atoms with E-state index < -0.39 is 26.5 Å². The number of rotatable bonds is 4. The molecular formula is C21H15F3N4O7. The van der Waals surface area contributed by atoms with Crippen molar-refractivity contribution in [2.24, 2.45) is 4.99 Å². The van der Waals surface area contributed by atoms with Crippen LogP contribution in [-0.2, 0) is 11.0 Å². The summed E-state index contributed by atoms with van der Waals surface area (Å²) in [7, 11) is 0. The summed E-state index contributed by atoms with van der Waals surface area (Å²) in [6.45, 7) is 1.89. The van der Waals surface area contributed by atoms with E-state index >= 15 is 0 Å². The summed E-state index contributed by atoms with van der Waals surface area (Å²) in [5, 5.41) is 30.4. The van der Waals surface area contributed by atoms with Gasteiger partial charge in [0.2, 0.25) is 6.08 Å².